The number of thioether (sulfide) groups is 1. The second-order valence-electron chi connectivity index (χ2n) is 5.22. The van der Waals surface area contributed by atoms with Gasteiger partial charge in [0.05, 0.1) is 11.4 Å². The Labute approximate surface area is 136 Å². The van der Waals surface area contributed by atoms with E-state index >= 15 is 0 Å². The highest BCUT2D eigenvalue weighted by Gasteiger charge is 2.14. The van der Waals surface area contributed by atoms with Gasteiger partial charge in [-0.25, -0.2) is 4.98 Å². The number of aromatic nitrogens is 2. The molecule has 0 saturated heterocycles. The van der Waals surface area contributed by atoms with Gasteiger partial charge in [-0.15, -0.1) is 11.8 Å². The second-order valence-corrected chi connectivity index (χ2v) is 7.09. The molecule has 1 aliphatic rings. The lowest BCUT2D eigenvalue weighted by Gasteiger charge is -2.08. The number of halogens is 1. The van der Waals surface area contributed by atoms with E-state index in [1.54, 1.807) is 11.8 Å². The van der Waals surface area contributed by atoms with E-state index in [9.17, 15) is 4.79 Å². The molecule has 3 rings (SSSR count). The maximum absolute atomic E-state index is 12.2. The first-order valence-corrected chi connectivity index (χ1v) is 9.00. The highest BCUT2D eigenvalue weighted by atomic mass is 79.9. The Kier molecular flexibility index (Phi) is 4.80. The molecule has 2 aromatic rings. The first-order valence-electron chi connectivity index (χ1n) is 7.22. The maximum atomic E-state index is 12.2. The van der Waals surface area contributed by atoms with E-state index in [2.05, 4.69) is 32.0 Å². The lowest BCUT2D eigenvalue weighted by atomic mass is 10.1. The summed E-state index contributed by atoms with van der Waals surface area (Å²) in [7, 11) is 0. The number of nitrogens with zero attached hydrogens (tertiary/aromatic N) is 1. The molecule has 110 valence electrons. The van der Waals surface area contributed by atoms with Crippen LogP contribution in [0, 0.1) is 0 Å². The quantitative estimate of drug-likeness (QED) is 0.658. The minimum atomic E-state index is 0.0598. The molecule has 0 saturated carbocycles. The van der Waals surface area contributed by atoms with Gasteiger partial charge in [0.2, 0.25) is 0 Å². The Balaban J connectivity index is 1.80. The van der Waals surface area contributed by atoms with Crippen molar-refractivity contribution in [1.82, 2.24) is 9.97 Å². The number of aromatic amines is 1. The van der Waals surface area contributed by atoms with Crippen LogP contribution in [-0.2, 0) is 18.6 Å². The van der Waals surface area contributed by atoms with Crippen molar-refractivity contribution in [3.8, 4) is 0 Å². The summed E-state index contributed by atoms with van der Waals surface area (Å²) in [6.07, 6.45) is 5.24. The number of H-pyrrole nitrogens is 1. The van der Waals surface area contributed by atoms with Crippen molar-refractivity contribution >= 4 is 27.7 Å². The van der Waals surface area contributed by atoms with E-state index < -0.39 is 0 Å². The Bertz CT molecular complexity index is 699. The van der Waals surface area contributed by atoms with E-state index in [4.69, 9.17) is 0 Å². The van der Waals surface area contributed by atoms with Crippen LogP contribution in [0.5, 0.6) is 0 Å². The van der Waals surface area contributed by atoms with Gasteiger partial charge in [0, 0.05) is 14.9 Å². The van der Waals surface area contributed by atoms with Crippen LogP contribution in [0.3, 0.4) is 0 Å². The van der Waals surface area contributed by atoms with Gasteiger partial charge in [0.15, 0.2) is 0 Å². The molecule has 21 heavy (non-hydrogen) atoms. The van der Waals surface area contributed by atoms with Crippen LogP contribution in [-0.4, -0.2) is 9.97 Å². The van der Waals surface area contributed by atoms with Crippen LogP contribution < -0.4 is 5.56 Å². The van der Waals surface area contributed by atoms with Gasteiger partial charge in [0.1, 0.15) is 5.82 Å². The van der Waals surface area contributed by atoms with Crippen molar-refractivity contribution in [2.45, 2.75) is 42.8 Å². The molecule has 0 atom stereocenters. The predicted molar refractivity (Wildman–Crippen MR) is 89.8 cm³/mol. The van der Waals surface area contributed by atoms with Crippen molar-refractivity contribution in [2.24, 2.45) is 0 Å². The van der Waals surface area contributed by atoms with Crippen LogP contribution in [0.25, 0.3) is 0 Å². The molecule has 3 nitrogen and oxygen atoms in total. The van der Waals surface area contributed by atoms with E-state index in [1.807, 2.05) is 18.2 Å². The molecule has 1 aromatic heterocycles. The lowest BCUT2D eigenvalue weighted by molar-refractivity contribution is 0.708. The Morgan fingerprint density at radius 3 is 2.86 bits per heavy atom. The largest absolute Gasteiger partial charge is 0.310 e. The first kappa shape index (κ1) is 14.9. The average Bonchev–Trinajstić information content (AvgIpc) is 2.72. The predicted octanol–water partition coefficient (Wildman–Crippen LogP) is 4.09. The summed E-state index contributed by atoms with van der Waals surface area (Å²) in [6, 6.07) is 8.10. The zero-order chi connectivity index (χ0) is 14.7. The van der Waals surface area contributed by atoms with E-state index in [0.29, 0.717) is 5.75 Å². The number of aryl methyl sites for hydroxylation is 1. The lowest BCUT2D eigenvalue weighted by Crippen LogP contribution is -2.19. The van der Waals surface area contributed by atoms with Gasteiger partial charge in [0.25, 0.3) is 5.56 Å². The fraction of sp³-hybridized carbons (Fsp3) is 0.375. The average molecular weight is 365 g/mol. The molecular formula is C16H17BrN2OS. The number of fused-ring (bicyclic) bond motifs is 1. The molecule has 0 aliphatic heterocycles. The molecule has 0 spiro atoms. The summed E-state index contributed by atoms with van der Waals surface area (Å²) in [4.78, 5) is 21.0. The molecule has 0 radical (unpaired) electrons. The fourth-order valence-electron chi connectivity index (χ4n) is 2.61. The smallest absolute Gasteiger partial charge is 0.254 e. The Morgan fingerprint density at radius 1 is 1.19 bits per heavy atom. The monoisotopic (exact) mass is 364 g/mol. The fourth-order valence-corrected chi connectivity index (χ4v) is 4.05. The van der Waals surface area contributed by atoms with Crippen molar-refractivity contribution < 1.29 is 0 Å². The van der Waals surface area contributed by atoms with Crippen LogP contribution >= 0.6 is 27.7 Å². The summed E-state index contributed by atoms with van der Waals surface area (Å²) >= 11 is 5.23. The van der Waals surface area contributed by atoms with Gasteiger partial charge >= 0.3 is 0 Å². The van der Waals surface area contributed by atoms with Gasteiger partial charge in [-0.05, 0) is 53.7 Å². The standard InChI is InChI=1S/C16H17BrN2OS/c17-12-7-4-5-9-14(12)21-10-15-18-13-8-3-1-2-6-11(13)16(20)19-15/h4-5,7,9H,1-3,6,8,10H2,(H,18,19,20). The zero-order valence-electron chi connectivity index (χ0n) is 11.7. The molecule has 0 fully saturated rings. The zero-order valence-corrected chi connectivity index (χ0v) is 14.1. The minimum Gasteiger partial charge on any atom is -0.310 e. The van der Waals surface area contributed by atoms with Crippen LogP contribution in [0.15, 0.2) is 38.4 Å². The summed E-state index contributed by atoms with van der Waals surface area (Å²) in [5.41, 5.74) is 1.98. The third-order valence-electron chi connectivity index (χ3n) is 3.69. The molecule has 0 amide bonds. The number of nitrogens with one attached hydrogen (secondary N) is 1. The Hall–Kier alpha value is -1.07. The second kappa shape index (κ2) is 6.79. The summed E-state index contributed by atoms with van der Waals surface area (Å²) in [5.74, 6) is 1.46. The number of rotatable bonds is 3. The van der Waals surface area contributed by atoms with Crippen LogP contribution in [0.4, 0.5) is 0 Å². The highest BCUT2D eigenvalue weighted by Crippen LogP contribution is 2.29. The third-order valence-corrected chi connectivity index (χ3v) is 5.73. The topological polar surface area (TPSA) is 45.8 Å². The summed E-state index contributed by atoms with van der Waals surface area (Å²) < 4.78 is 1.08. The Morgan fingerprint density at radius 2 is 2.00 bits per heavy atom. The molecule has 0 unspecified atom stereocenters. The summed E-state index contributed by atoms with van der Waals surface area (Å²) in [6.45, 7) is 0. The van der Waals surface area contributed by atoms with Crippen molar-refractivity contribution in [2.75, 3.05) is 0 Å². The number of benzene rings is 1. The van der Waals surface area contributed by atoms with E-state index in [1.165, 1.54) is 6.42 Å². The van der Waals surface area contributed by atoms with Crippen LogP contribution in [0.1, 0.15) is 36.3 Å². The van der Waals surface area contributed by atoms with Gasteiger partial charge < -0.3 is 4.98 Å². The van der Waals surface area contributed by atoms with Gasteiger partial charge in [-0.1, -0.05) is 18.6 Å². The molecule has 1 aromatic carbocycles. The SMILES string of the molecule is O=c1[nH]c(CSc2ccccc2Br)nc2c1CCCCC2. The molecule has 1 N–H and O–H groups in total. The van der Waals surface area contributed by atoms with Crippen LogP contribution in [0.2, 0.25) is 0 Å². The maximum Gasteiger partial charge on any atom is 0.254 e. The van der Waals surface area contributed by atoms with Crippen molar-refractivity contribution in [1.29, 1.82) is 0 Å². The number of hydrogen-bond acceptors (Lipinski definition) is 3. The van der Waals surface area contributed by atoms with Crippen molar-refractivity contribution in [3.05, 3.63) is 56.2 Å². The normalized spacial score (nSPS) is 14.5. The molecular weight excluding hydrogens is 348 g/mol. The van der Waals surface area contributed by atoms with E-state index in [-0.39, 0.29) is 5.56 Å². The van der Waals surface area contributed by atoms with E-state index in [0.717, 1.165) is 52.1 Å². The molecule has 1 heterocycles. The highest BCUT2D eigenvalue weighted by molar-refractivity contribution is 9.10. The number of hydrogen-bond donors (Lipinski definition) is 1. The molecule has 0 bridgehead atoms. The minimum absolute atomic E-state index is 0.0598. The first-order chi connectivity index (χ1) is 10.2. The summed E-state index contributed by atoms with van der Waals surface area (Å²) in [5, 5.41) is 0. The van der Waals surface area contributed by atoms with Crippen molar-refractivity contribution in [3.63, 3.8) is 0 Å². The molecule has 1 aliphatic carbocycles. The third kappa shape index (κ3) is 3.58. The van der Waals surface area contributed by atoms with Gasteiger partial charge in [-0.2, -0.15) is 0 Å². The molecule has 5 heteroatoms. The van der Waals surface area contributed by atoms with Gasteiger partial charge in [-0.3, -0.25) is 4.79 Å².